The fourth-order valence-corrected chi connectivity index (χ4v) is 2.36. The smallest absolute Gasteiger partial charge is 0.141 e. The summed E-state index contributed by atoms with van der Waals surface area (Å²) in [6.07, 6.45) is 4.69. The van der Waals surface area contributed by atoms with Gasteiger partial charge in [-0.25, -0.2) is 9.97 Å². The SMILES string of the molecule is CCCNc1cc(C)nc(CSc2ccncc2)n1. The number of hydrogen-bond acceptors (Lipinski definition) is 5. The van der Waals surface area contributed by atoms with Crippen LogP contribution in [-0.4, -0.2) is 21.5 Å². The zero-order valence-corrected chi connectivity index (χ0v) is 12.1. The minimum absolute atomic E-state index is 0.770. The molecule has 1 N–H and O–H groups in total. The van der Waals surface area contributed by atoms with Gasteiger partial charge in [-0.3, -0.25) is 4.98 Å². The van der Waals surface area contributed by atoms with Crippen molar-refractivity contribution in [3.05, 3.63) is 42.1 Å². The first-order chi connectivity index (χ1) is 9.28. The van der Waals surface area contributed by atoms with Crippen LogP contribution in [-0.2, 0) is 5.75 Å². The van der Waals surface area contributed by atoms with Gasteiger partial charge < -0.3 is 5.32 Å². The molecule has 0 atom stereocenters. The van der Waals surface area contributed by atoms with Crippen molar-refractivity contribution >= 4 is 17.6 Å². The lowest BCUT2D eigenvalue weighted by molar-refractivity contribution is 0.940. The summed E-state index contributed by atoms with van der Waals surface area (Å²) in [5.74, 6) is 2.55. The van der Waals surface area contributed by atoms with Crippen molar-refractivity contribution in [2.75, 3.05) is 11.9 Å². The molecule has 100 valence electrons. The van der Waals surface area contributed by atoms with Crippen LogP contribution in [0.2, 0.25) is 0 Å². The van der Waals surface area contributed by atoms with Crippen LogP contribution >= 0.6 is 11.8 Å². The molecule has 2 aromatic rings. The molecule has 0 fully saturated rings. The maximum absolute atomic E-state index is 4.53. The molecule has 0 spiro atoms. The molecule has 19 heavy (non-hydrogen) atoms. The summed E-state index contributed by atoms with van der Waals surface area (Å²) in [5.41, 5.74) is 0.999. The molecule has 0 aliphatic carbocycles. The molecule has 0 amide bonds. The van der Waals surface area contributed by atoms with Gasteiger partial charge >= 0.3 is 0 Å². The summed E-state index contributed by atoms with van der Waals surface area (Å²) in [4.78, 5) is 14.2. The lowest BCUT2D eigenvalue weighted by Crippen LogP contribution is -2.05. The summed E-state index contributed by atoms with van der Waals surface area (Å²) >= 11 is 1.72. The van der Waals surface area contributed by atoms with Gasteiger partial charge in [-0.05, 0) is 25.5 Å². The van der Waals surface area contributed by atoms with Crippen molar-refractivity contribution < 1.29 is 0 Å². The fourth-order valence-electron chi connectivity index (χ4n) is 1.62. The molecular weight excluding hydrogens is 256 g/mol. The molecule has 0 aromatic carbocycles. The Balaban J connectivity index is 2.01. The van der Waals surface area contributed by atoms with Crippen LogP contribution in [0.25, 0.3) is 0 Å². The minimum Gasteiger partial charge on any atom is -0.370 e. The van der Waals surface area contributed by atoms with Crippen molar-refractivity contribution in [2.45, 2.75) is 30.9 Å². The molecule has 0 aliphatic rings. The van der Waals surface area contributed by atoms with E-state index in [9.17, 15) is 0 Å². The molecule has 0 saturated heterocycles. The number of aromatic nitrogens is 3. The van der Waals surface area contributed by atoms with E-state index in [1.807, 2.05) is 25.1 Å². The summed E-state index contributed by atoms with van der Waals surface area (Å²) in [6.45, 7) is 5.08. The van der Waals surface area contributed by atoms with E-state index in [2.05, 4.69) is 27.2 Å². The van der Waals surface area contributed by atoms with E-state index in [1.54, 1.807) is 24.2 Å². The normalized spacial score (nSPS) is 10.4. The van der Waals surface area contributed by atoms with Gasteiger partial charge in [0.1, 0.15) is 11.6 Å². The second-order valence-electron chi connectivity index (χ2n) is 4.21. The summed E-state index contributed by atoms with van der Waals surface area (Å²) in [5, 5.41) is 3.30. The Hall–Kier alpha value is -1.62. The molecular formula is C14H18N4S. The Morgan fingerprint density at radius 2 is 2.00 bits per heavy atom. The fraction of sp³-hybridized carbons (Fsp3) is 0.357. The number of thioether (sulfide) groups is 1. The lowest BCUT2D eigenvalue weighted by atomic mass is 10.4. The van der Waals surface area contributed by atoms with Crippen molar-refractivity contribution in [1.82, 2.24) is 15.0 Å². The van der Waals surface area contributed by atoms with Crippen LogP contribution in [0, 0.1) is 6.92 Å². The van der Waals surface area contributed by atoms with Crippen LogP contribution in [0.5, 0.6) is 0 Å². The van der Waals surface area contributed by atoms with Crippen LogP contribution < -0.4 is 5.32 Å². The Morgan fingerprint density at radius 1 is 1.21 bits per heavy atom. The van der Waals surface area contributed by atoms with E-state index in [-0.39, 0.29) is 0 Å². The van der Waals surface area contributed by atoms with Crippen molar-refractivity contribution in [3.8, 4) is 0 Å². The number of nitrogens with one attached hydrogen (secondary N) is 1. The van der Waals surface area contributed by atoms with Crippen molar-refractivity contribution in [2.24, 2.45) is 0 Å². The van der Waals surface area contributed by atoms with Gasteiger partial charge in [-0.2, -0.15) is 0 Å². The third-order valence-electron chi connectivity index (χ3n) is 2.47. The highest BCUT2D eigenvalue weighted by Crippen LogP contribution is 2.20. The predicted octanol–water partition coefficient (Wildman–Crippen LogP) is 3.29. The number of anilines is 1. The van der Waals surface area contributed by atoms with Gasteiger partial charge in [0.05, 0.1) is 5.75 Å². The molecule has 2 heterocycles. The zero-order chi connectivity index (χ0) is 13.5. The molecule has 5 heteroatoms. The minimum atomic E-state index is 0.770. The summed E-state index contributed by atoms with van der Waals surface area (Å²) in [7, 11) is 0. The predicted molar refractivity (Wildman–Crippen MR) is 79.3 cm³/mol. The molecule has 2 rings (SSSR count). The molecule has 0 bridgehead atoms. The number of hydrogen-bond donors (Lipinski definition) is 1. The van der Waals surface area contributed by atoms with Gasteiger partial charge in [-0.15, -0.1) is 11.8 Å². The molecule has 2 aromatic heterocycles. The number of nitrogens with zero attached hydrogens (tertiary/aromatic N) is 3. The third kappa shape index (κ3) is 4.52. The first kappa shape index (κ1) is 13.8. The second-order valence-corrected chi connectivity index (χ2v) is 5.26. The van der Waals surface area contributed by atoms with Gasteiger partial charge in [0.15, 0.2) is 0 Å². The standard InChI is InChI=1S/C14H18N4S/c1-3-6-16-13-9-11(2)17-14(18-13)10-19-12-4-7-15-8-5-12/h4-5,7-9H,3,6,10H2,1-2H3,(H,16,17,18). The highest BCUT2D eigenvalue weighted by atomic mass is 32.2. The maximum Gasteiger partial charge on any atom is 0.141 e. The second kappa shape index (κ2) is 7.09. The number of pyridine rings is 1. The number of aryl methyl sites for hydroxylation is 1. The Kier molecular flexibility index (Phi) is 5.15. The van der Waals surface area contributed by atoms with E-state index in [4.69, 9.17) is 0 Å². The zero-order valence-electron chi connectivity index (χ0n) is 11.3. The van der Waals surface area contributed by atoms with Crippen LogP contribution in [0.15, 0.2) is 35.5 Å². The molecule has 4 nitrogen and oxygen atoms in total. The van der Waals surface area contributed by atoms with E-state index in [0.717, 1.165) is 36.1 Å². The van der Waals surface area contributed by atoms with Gasteiger partial charge in [0.2, 0.25) is 0 Å². The van der Waals surface area contributed by atoms with Crippen molar-refractivity contribution in [1.29, 1.82) is 0 Å². The van der Waals surface area contributed by atoms with Gasteiger partial charge in [0, 0.05) is 35.6 Å². The average molecular weight is 274 g/mol. The molecule has 0 aliphatic heterocycles. The third-order valence-corrected chi connectivity index (χ3v) is 3.48. The number of rotatable bonds is 6. The topological polar surface area (TPSA) is 50.7 Å². The quantitative estimate of drug-likeness (QED) is 0.819. The summed E-state index contributed by atoms with van der Waals surface area (Å²) in [6, 6.07) is 5.98. The van der Waals surface area contributed by atoms with Gasteiger partial charge in [0.25, 0.3) is 0 Å². The Labute approximate surface area is 118 Å². The highest BCUT2D eigenvalue weighted by Gasteiger charge is 2.03. The van der Waals surface area contributed by atoms with Crippen LogP contribution in [0.1, 0.15) is 24.9 Å². The summed E-state index contributed by atoms with van der Waals surface area (Å²) < 4.78 is 0. The highest BCUT2D eigenvalue weighted by molar-refractivity contribution is 7.98. The van der Waals surface area contributed by atoms with E-state index < -0.39 is 0 Å². The van der Waals surface area contributed by atoms with Gasteiger partial charge in [-0.1, -0.05) is 6.92 Å². The molecule has 0 radical (unpaired) electrons. The van der Waals surface area contributed by atoms with Crippen LogP contribution in [0.4, 0.5) is 5.82 Å². The molecule has 0 unspecified atom stereocenters. The van der Waals surface area contributed by atoms with E-state index >= 15 is 0 Å². The first-order valence-electron chi connectivity index (χ1n) is 6.39. The largest absolute Gasteiger partial charge is 0.370 e. The average Bonchev–Trinajstić information content (AvgIpc) is 2.43. The van der Waals surface area contributed by atoms with Crippen molar-refractivity contribution in [3.63, 3.8) is 0 Å². The first-order valence-corrected chi connectivity index (χ1v) is 7.37. The van der Waals surface area contributed by atoms with Crippen LogP contribution in [0.3, 0.4) is 0 Å². The Morgan fingerprint density at radius 3 is 2.74 bits per heavy atom. The maximum atomic E-state index is 4.53. The Bertz CT molecular complexity index is 516. The monoisotopic (exact) mass is 274 g/mol. The van der Waals surface area contributed by atoms with E-state index in [1.165, 1.54) is 4.90 Å². The van der Waals surface area contributed by atoms with E-state index in [0.29, 0.717) is 0 Å². The lowest BCUT2D eigenvalue weighted by Gasteiger charge is -2.07. The molecule has 0 saturated carbocycles.